The van der Waals surface area contributed by atoms with Gasteiger partial charge in [-0.15, -0.1) is 0 Å². The van der Waals surface area contributed by atoms with Crippen LogP contribution in [-0.4, -0.2) is 49.3 Å². The van der Waals surface area contributed by atoms with E-state index in [1.54, 1.807) is 0 Å². The Hall–Kier alpha value is -1.51. The van der Waals surface area contributed by atoms with Gasteiger partial charge < -0.3 is 20.1 Å². The Kier molecular flexibility index (Phi) is 34.2. The standard InChI is InChI=1S/C38H72NO8P/c1-3-5-7-9-11-13-15-17-18-19-21-23-25-27-29-31-38(41)47-36(35-46-48(42,43)45-33-32-39)34-44-37(40)30-28-26-24-22-20-16-14-12-10-8-6-4-2/h12,14,17-18,36H,3-11,13,15-16,19-35,39H2,1-2H3,(H,42,43)/b14-12-,18-17-. The third-order valence-electron chi connectivity index (χ3n) is 8.06. The van der Waals surface area contributed by atoms with Gasteiger partial charge >= 0.3 is 19.8 Å². The lowest BCUT2D eigenvalue weighted by atomic mass is 10.1. The molecule has 0 heterocycles. The predicted octanol–water partition coefficient (Wildman–Crippen LogP) is 10.4. The molecular weight excluding hydrogens is 629 g/mol. The molecular formula is C38H72NO8P. The Balaban J connectivity index is 4.24. The normalized spacial score (nSPS) is 13.7. The van der Waals surface area contributed by atoms with Gasteiger partial charge in [-0.1, -0.05) is 122 Å². The lowest BCUT2D eigenvalue weighted by Gasteiger charge is -2.19. The molecule has 0 aromatic carbocycles. The molecule has 10 heteroatoms. The average Bonchev–Trinajstić information content (AvgIpc) is 3.07. The molecule has 0 amide bonds. The maximum absolute atomic E-state index is 12.5. The Morgan fingerprint density at radius 3 is 1.52 bits per heavy atom. The highest BCUT2D eigenvalue weighted by Crippen LogP contribution is 2.43. The van der Waals surface area contributed by atoms with Crippen molar-refractivity contribution in [2.45, 2.75) is 180 Å². The highest BCUT2D eigenvalue weighted by Gasteiger charge is 2.25. The number of phosphoric acid groups is 1. The van der Waals surface area contributed by atoms with Crippen molar-refractivity contribution in [3.63, 3.8) is 0 Å². The molecule has 0 aliphatic rings. The van der Waals surface area contributed by atoms with Crippen molar-refractivity contribution in [1.82, 2.24) is 0 Å². The quantitative estimate of drug-likeness (QED) is 0.0283. The number of unbranched alkanes of at least 4 members (excludes halogenated alkanes) is 19. The van der Waals surface area contributed by atoms with Gasteiger partial charge in [-0.2, -0.15) is 0 Å². The smallest absolute Gasteiger partial charge is 0.462 e. The van der Waals surface area contributed by atoms with Crippen molar-refractivity contribution in [3.05, 3.63) is 24.3 Å². The summed E-state index contributed by atoms with van der Waals surface area (Å²) in [6, 6.07) is 0. The molecule has 0 aromatic heterocycles. The second-order valence-corrected chi connectivity index (χ2v) is 14.2. The Morgan fingerprint density at radius 2 is 1.02 bits per heavy atom. The summed E-state index contributed by atoms with van der Waals surface area (Å²) in [6.07, 6.45) is 34.9. The van der Waals surface area contributed by atoms with E-state index in [2.05, 4.69) is 38.2 Å². The maximum Gasteiger partial charge on any atom is 0.472 e. The van der Waals surface area contributed by atoms with Gasteiger partial charge in [0.25, 0.3) is 0 Å². The van der Waals surface area contributed by atoms with E-state index in [1.807, 2.05) is 0 Å². The third-order valence-corrected chi connectivity index (χ3v) is 9.04. The lowest BCUT2D eigenvalue weighted by Crippen LogP contribution is -2.29. The van der Waals surface area contributed by atoms with E-state index in [4.69, 9.17) is 24.3 Å². The van der Waals surface area contributed by atoms with Crippen molar-refractivity contribution in [1.29, 1.82) is 0 Å². The lowest BCUT2D eigenvalue weighted by molar-refractivity contribution is -0.161. The second kappa shape index (κ2) is 35.3. The first-order valence-corrected chi connectivity index (χ1v) is 20.8. The Morgan fingerprint density at radius 1 is 0.604 bits per heavy atom. The minimum atomic E-state index is -4.37. The predicted molar refractivity (Wildman–Crippen MR) is 197 cm³/mol. The van der Waals surface area contributed by atoms with Crippen LogP contribution < -0.4 is 5.73 Å². The van der Waals surface area contributed by atoms with Crippen molar-refractivity contribution < 1.29 is 37.6 Å². The van der Waals surface area contributed by atoms with Gasteiger partial charge in [0.1, 0.15) is 6.61 Å². The van der Waals surface area contributed by atoms with E-state index < -0.39 is 32.5 Å². The third kappa shape index (κ3) is 34.4. The molecule has 0 spiro atoms. The molecule has 2 atom stereocenters. The van der Waals surface area contributed by atoms with Crippen LogP contribution in [0.1, 0.15) is 174 Å². The summed E-state index contributed by atoms with van der Waals surface area (Å²) in [5.74, 6) is -0.849. The number of phosphoric ester groups is 1. The number of carbonyl (C=O) groups is 2. The minimum Gasteiger partial charge on any atom is -0.462 e. The van der Waals surface area contributed by atoms with Gasteiger partial charge in [-0.3, -0.25) is 18.6 Å². The Labute approximate surface area is 293 Å². The molecule has 282 valence electrons. The molecule has 3 N–H and O–H groups in total. The van der Waals surface area contributed by atoms with Crippen molar-refractivity contribution in [3.8, 4) is 0 Å². The molecule has 0 saturated heterocycles. The van der Waals surface area contributed by atoms with Crippen LogP contribution in [0.15, 0.2) is 24.3 Å². The van der Waals surface area contributed by atoms with Crippen LogP contribution in [0.2, 0.25) is 0 Å². The molecule has 0 fully saturated rings. The molecule has 0 aromatic rings. The summed E-state index contributed by atoms with van der Waals surface area (Å²) in [5, 5.41) is 0. The highest BCUT2D eigenvalue weighted by atomic mass is 31.2. The number of esters is 2. The topological polar surface area (TPSA) is 134 Å². The molecule has 0 rings (SSSR count). The van der Waals surface area contributed by atoms with Gasteiger partial charge in [0.2, 0.25) is 0 Å². The molecule has 2 unspecified atom stereocenters. The molecule has 0 aliphatic carbocycles. The molecule has 48 heavy (non-hydrogen) atoms. The second-order valence-electron chi connectivity index (χ2n) is 12.8. The SMILES string of the molecule is CCCCC/C=C\CCCCCCCC(=O)OCC(COP(=O)(O)OCCN)OC(=O)CCCCCCC/C=C\CCCCCCCC. The van der Waals surface area contributed by atoms with Crippen LogP contribution in [0.3, 0.4) is 0 Å². The van der Waals surface area contributed by atoms with Crippen molar-refractivity contribution in [2.24, 2.45) is 5.73 Å². The molecule has 0 saturated carbocycles. The summed E-state index contributed by atoms with van der Waals surface area (Å²) in [7, 11) is -4.37. The zero-order chi connectivity index (χ0) is 35.4. The zero-order valence-electron chi connectivity index (χ0n) is 30.7. The van der Waals surface area contributed by atoms with Crippen LogP contribution in [0.5, 0.6) is 0 Å². The zero-order valence-corrected chi connectivity index (χ0v) is 31.6. The van der Waals surface area contributed by atoms with E-state index in [0.717, 1.165) is 70.6 Å². The summed E-state index contributed by atoms with van der Waals surface area (Å²) in [5.41, 5.74) is 5.33. The number of hydrogen-bond acceptors (Lipinski definition) is 8. The summed E-state index contributed by atoms with van der Waals surface area (Å²) >= 11 is 0. The van der Waals surface area contributed by atoms with E-state index in [1.165, 1.54) is 70.6 Å². The molecule has 0 bridgehead atoms. The van der Waals surface area contributed by atoms with Crippen LogP contribution in [0.4, 0.5) is 0 Å². The number of ether oxygens (including phenoxy) is 2. The van der Waals surface area contributed by atoms with Gasteiger partial charge in [0.05, 0.1) is 13.2 Å². The van der Waals surface area contributed by atoms with E-state index in [0.29, 0.717) is 6.42 Å². The fourth-order valence-corrected chi connectivity index (χ4v) is 5.92. The number of carbonyl (C=O) groups excluding carboxylic acids is 2. The summed E-state index contributed by atoms with van der Waals surface area (Å²) in [4.78, 5) is 34.7. The van der Waals surface area contributed by atoms with Crippen LogP contribution in [-0.2, 0) is 32.7 Å². The first kappa shape index (κ1) is 46.5. The van der Waals surface area contributed by atoms with Gasteiger partial charge in [-0.05, 0) is 64.2 Å². The molecule has 0 radical (unpaired) electrons. The van der Waals surface area contributed by atoms with E-state index in [-0.39, 0.29) is 32.6 Å². The van der Waals surface area contributed by atoms with E-state index >= 15 is 0 Å². The van der Waals surface area contributed by atoms with Crippen LogP contribution in [0.25, 0.3) is 0 Å². The van der Waals surface area contributed by atoms with Crippen molar-refractivity contribution in [2.75, 3.05) is 26.4 Å². The van der Waals surface area contributed by atoms with Gasteiger partial charge in [0, 0.05) is 19.4 Å². The first-order valence-electron chi connectivity index (χ1n) is 19.3. The number of allylic oxidation sites excluding steroid dienone is 4. The minimum absolute atomic E-state index is 0.0517. The number of nitrogens with two attached hydrogens (primary N) is 1. The first-order chi connectivity index (χ1) is 23.3. The number of hydrogen-bond donors (Lipinski definition) is 2. The van der Waals surface area contributed by atoms with Crippen LogP contribution >= 0.6 is 7.82 Å². The summed E-state index contributed by atoms with van der Waals surface area (Å²) in [6.45, 7) is 3.67. The van der Waals surface area contributed by atoms with Gasteiger partial charge in [-0.25, -0.2) is 4.57 Å². The molecule has 0 aliphatic heterocycles. The van der Waals surface area contributed by atoms with Gasteiger partial charge in [0.15, 0.2) is 6.10 Å². The highest BCUT2D eigenvalue weighted by molar-refractivity contribution is 7.47. The van der Waals surface area contributed by atoms with E-state index in [9.17, 15) is 19.0 Å². The summed E-state index contributed by atoms with van der Waals surface area (Å²) < 4.78 is 32.6. The number of rotatable bonds is 36. The Bertz CT molecular complexity index is 851. The fraction of sp³-hybridized carbons (Fsp3) is 0.842. The maximum atomic E-state index is 12.5. The molecule has 9 nitrogen and oxygen atoms in total. The van der Waals surface area contributed by atoms with Crippen LogP contribution in [0, 0.1) is 0 Å². The average molecular weight is 702 g/mol. The fourth-order valence-electron chi connectivity index (χ4n) is 5.15. The van der Waals surface area contributed by atoms with Crippen molar-refractivity contribution >= 4 is 19.8 Å². The monoisotopic (exact) mass is 701 g/mol. The largest absolute Gasteiger partial charge is 0.472 e.